The van der Waals surface area contributed by atoms with Crippen molar-refractivity contribution in [3.8, 4) is 28.6 Å². The second kappa shape index (κ2) is 8.35. The van der Waals surface area contributed by atoms with E-state index >= 15 is 0 Å². The van der Waals surface area contributed by atoms with Crippen LogP contribution in [0.2, 0.25) is 0 Å². The zero-order valence-electron chi connectivity index (χ0n) is 17.8. The molecule has 2 aromatic carbocycles. The van der Waals surface area contributed by atoms with Crippen LogP contribution in [-0.2, 0) is 0 Å². The number of methoxy groups -OCH3 is 1. The van der Waals surface area contributed by atoms with Crippen LogP contribution in [0.5, 0.6) is 5.75 Å². The number of hydrogen-bond donors (Lipinski definition) is 0. The van der Waals surface area contributed by atoms with Gasteiger partial charge < -0.3 is 19.0 Å². The average Bonchev–Trinajstić information content (AvgIpc) is 3.14. The van der Waals surface area contributed by atoms with Crippen molar-refractivity contribution >= 4 is 17.0 Å². The third-order valence-electron chi connectivity index (χ3n) is 5.60. The Morgan fingerprint density at radius 3 is 2.55 bits per heavy atom. The van der Waals surface area contributed by atoms with E-state index in [1.807, 2.05) is 54.6 Å². The summed E-state index contributed by atoms with van der Waals surface area (Å²) in [6.45, 7) is 3.83. The fourth-order valence-corrected chi connectivity index (χ4v) is 3.88. The molecule has 7 heteroatoms. The molecule has 5 rings (SSSR count). The van der Waals surface area contributed by atoms with Gasteiger partial charge in [-0.15, -0.1) is 0 Å². The number of aromatic nitrogens is 3. The van der Waals surface area contributed by atoms with Gasteiger partial charge in [0.1, 0.15) is 5.75 Å². The summed E-state index contributed by atoms with van der Waals surface area (Å²) in [6.07, 6.45) is 1.07. The van der Waals surface area contributed by atoms with E-state index in [2.05, 4.69) is 16.8 Å². The van der Waals surface area contributed by atoms with Gasteiger partial charge in [0.05, 0.1) is 7.11 Å². The van der Waals surface area contributed by atoms with Gasteiger partial charge in [0, 0.05) is 30.8 Å². The first kappa shape index (κ1) is 19.5. The van der Waals surface area contributed by atoms with Crippen LogP contribution in [0.1, 0.15) is 6.42 Å². The summed E-state index contributed by atoms with van der Waals surface area (Å²) < 4.78 is 11.6. The van der Waals surface area contributed by atoms with Crippen LogP contribution in [0.4, 0.5) is 5.82 Å². The fourth-order valence-electron chi connectivity index (χ4n) is 3.88. The summed E-state index contributed by atoms with van der Waals surface area (Å²) in [6, 6.07) is 17.7. The number of fused-ring (bicyclic) bond motifs is 1. The van der Waals surface area contributed by atoms with E-state index in [0.717, 1.165) is 55.3 Å². The van der Waals surface area contributed by atoms with E-state index in [1.54, 1.807) is 7.11 Å². The van der Waals surface area contributed by atoms with E-state index in [1.165, 1.54) is 0 Å². The fraction of sp³-hybridized carbons (Fsp3) is 0.292. The molecule has 0 aliphatic carbocycles. The Bertz CT molecular complexity index is 1190. The Hall–Kier alpha value is -3.45. The Morgan fingerprint density at radius 1 is 0.871 bits per heavy atom. The molecule has 0 atom stereocenters. The molecule has 4 aromatic rings. The predicted molar refractivity (Wildman–Crippen MR) is 121 cm³/mol. The highest BCUT2D eigenvalue weighted by atomic mass is 16.5. The Labute approximate surface area is 181 Å². The van der Waals surface area contributed by atoms with Crippen LogP contribution in [0.3, 0.4) is 0 Å². The lowest BCUT2D eigenvalue weighted by Crippen LogP contribution is -2.29. The zero-order valence-corrected chi connectivity index (χ0v) is 17.8. The largest absolute Gasteiger partial charge is 0.497 e. The molecular formula is C24H25N5O2. The van der Waals surface area contributed by atoms with Gasteiger partial charge in [-0.3, -0.25) is 0 Å². The Morgan fingerprint density at radius 2 is 1.71 bits per heavy atom. The second-order valence-electron chi connectivity index (χ2n) is 7.78. The van der Waals surface area contributed by atoms with Crippen LogP contribution in [0, 0.1) is 0 Å². The van der Waals surface area contributed by atoms with Gasteiger partial charge >= 0.3 is 0 Å². The highest BCUT2D eigenvalue weighted by Crippen LogP contribution is 2.32. The number of likely N-dealkylation sites (N-methyl/N-ethyl adjacent to an activating group) is 1. The lowest BCUT2D eigenvalue weighted by atomic mass is 10.2. The molecule has 1 aliphatic heterocycles. The molecule has 0 radical (unpaired) electrons. The summed E-state index contributed by atoms with van der Waals surface area (Å²) in [5.74, 6) is 2.74. The van der Waals surface area contributed by atoms with Gasteiger partial charge in [-0.25, -0.2) is 9.97 Å². The second-order valence-corrected chi connectivity index (χ2v) is 7.78. The van der Waals surface area contributed by atoms with E-state index in [4.69, 9.17) is 24.1 Å². The first-order valence-corrected chi connectivity index (χ1v) is 10.5. The zero-order chi connectivity index (χ0) is 21.2. The van der Waals surface area contributed by atoms with Crippen molar-refractivity contribution in [2.75, 3.05) is 45.2 Å². The number of oxazole rings is 1. The molecule has 0 amide bonds. The topological polar surface area (TPSA) is 67.5 Å². The van der Waals surface area contributed by atoms with Crippen molar-refractivity contribution in [1.82, 2.24) is 19.9 Å². The lowest BCUT2D eigenvalue weighted by molar-refractivity contribution is 0.360. The summed E-state index contributed by atoms with van der Waals surface area (Å²) in [5, 5.41) is 0. The van der Waals surface area contributed by atoms with Gasteiger partial charge in [0.2, 0.25) is 17.1 Å². The number of rotatable bonds is 4. The number of nitrogens with zero attached hydrogens (tertiary/aromatic N) is 5. The molecule has 31 heavy (non-hydrogen) atoms. The molecule has 2 aromatic heterocycles. The predicted octanol–water partition coefficient (Wildman–Crippen LogP) is 4.10. The number of ether oxygens (including phenoxy) is 1. The minimum absolute atomic E-state index is 0.556. The van der Waals surface area contributed by atoms with Crippen molar-refractivity contribution in [2.45, 2.75) is 6.42 Å². The quantitative estimate of drug-likeness (QED) is 0.497. The minimum Gasteiger partial charge on any atom is -0.497 e. The SMILES string of the molecule is COc1cccc(-c2nc(N3CCCN(C)CC3)c3oc(-c4ccccc4)nc3n2)c1. The standard InChI is InChI=1S/C24H25N5O2/c1-28-12-7-13-29(15-14-28)23-20-22(27-24(31-20)17-8-4-3-5-9-17)25-21(26-23)18-10-6-11-19(16-18)30-2/h3-6,8-11,16H,7,12-15H2,1-2H3. The molecule has 3 heterocycles. The molecule has 1 saturated heterocycles. The summed E-state index contributed by atoms with van der Waals surface area (Å²) in [4.78, 5) is 19.1. The van der Waals surface area contributed by atoms with E-state index in [0.29, 0.717) is 22.9 Å². The molecule has 158 valence electrons. The summed E-state index contributed by atoms with van der Waals surface area (Å²) in [5.41, 5.74) is 3.01. The maximum atomic E-state index is 6.23. The van der Waals surface area contributed by atoms with Gasteiger partial charge in [-0.05, 0) is 44.3 Å². The van der Waals surface area contributed by atoms with Crippen molar-refractivity contribution in [3.63, 3.8) is 0 Å². The normalized spacial score (nSPS) is 15.2. The first-order chi connectivity index (χ1) is 15.2. The monoisotopic (exact) mass is 415 g/mol. The molecular weight excluding hydrogens is 390 g/mol. The highest BCUT2D eigenvalue weighted by Gasteiger charge is 2.23. The minimum atomic E-state index is 0.556. The van der Waals surface area contributed by atoms with Gasteiger partial charge in [0.25, 0.3) is 0 Å². The molecule has 0 saturated carbocycles. The molecule has 7 nitrogen and oxygen atoms in total. The molecule has 1 fully saturated rings. The van der Waals surface area contributed by atoms with Crippen LogP contribution in [0.25, 0.3) is 34.1 Å². The smallest absolute Gasteiger partial charge is 0.229 e. The van der Waals surface area contributed by atoms with Gasteiger partial charge in [0.15, 0.2) is 11.6 Å². The third kappa shape index (κ3) is 3.96. The van der Waals surface area contributed by atoms with Crippen LogP contribution in [-0.4, -0.2) is 60.2 Å². The summed E-state index contributed by atoms with van der Waals surface area (Å²) in [7, 11) is 3.81. The van der Waals surface area contributed by atoms with E-state index in [-0.39, 0.29) is 0 Å². The number of benzene rings is 2. The first-order valence-electron chi connectivity index (χ1n) is 10.5. The maximum Gasteiger partial charge on any atom is 0.229 e. The van der Waals surface area contributed by atoms with E-state index in [9.17, 15) is 0 Å². The highest BCUT2D eigenvalue weighted by molar-refractivity contribution is 5.85. The van der Waals surface area contributed by atoms with Crippen LogP contribution in [0.15, 0.2) is 59.0 Å². The molecule has 1 aliphatic rings. The third-order valence-corrected chi connectivity index (χ3v) is 5.60. The Kier molecular flexibility index (Phi) is 5.26. The van der Waals surface area contributed by atoms with Crippen molar-refractivity contribution < 1.29 is 9.15 Å². The number of anilines is 1. The summed E-state index contributed by atoms with van der Waals surface area (Å²) >= 11 is 0. The van der Waals surface area contributed by atoms with Gasteiger partial charge in [-0.2, -0.15) is 4.98 Å². The lowest BCUT2D eigenvalue weighted by Gasteiger charge is -2.21. The van der Waals surface area contributed by atoms with Crippen LogP contribution < -0.4 is 9.64 Å². The maximum absolute atomic E-state index is 6.23. The van der Waals surface area contributed by atoms with Crippen molar-refractivity contribution in [1.29, 1.82) is 0 Å². The van der Waals surface area contributed by atoms with Crippen molar-refractivity contribution in [3.05, 3.63) is 54.6 Å². The molecule has 0 N–H and O–H groups in total. The van der Waals surface area contributed by atoms with Crippen molar-refractivity contribution in [2.24, 2.45) is 0 Å². The van der Waals surface area contributed by atoms with E-state index < -0.39 is 0 Å². The Balaban J connectivity index is 1.66. The van der Waals surface area contributed by atoms with Crippen LogP contribution >= 0.6 is 0 Å². The average molecular weight is 415 g/mol. The molecule has 0 unspecified atom stereocenters. The van der Waals surface area contributed by atoms with Gasteiger partial charge in [-0.1, -0.05) is 30.3 Å². The molecule has 0 spiro atoms. The molecule has 0 bridgehead atoms. The number of hydrogen-bond acceptors (Lipinski definition) is 7.